The van der Waals surface area contributed by atoms with Crippen molar-refractivity contribution in [2.24, 2.45) is 5.10 Å². The van der Waals surface area contributed by atoms with Crippen LogP contribution in [0.4, 0.5) is 0 Å². The van der Waals surface area contributed by atoms with Gasteiger partial charge in [-0.1, -0.05) is 36.4 Å². The molecule has 3 aromatic carbocycles. The van der Waals surface area contributed by atoms with Gasteiger partial charge in [0.25, 0.3) is 5.91 Å². The molecule has 0 unspecified atom stereocenters. The summed E-state index contributed by atoms with van der Waals surface area (Å²) in [4.78, 5) is 12.2. The van der Waals surface area contributed by atoms with Gasteiger partial charge < -0.3 is 4.74 Å². The average molecular weight is 434 g/mol. The number of nitrogens with one attached hydrogen (secondary N) is 1. The van der Waals surface area contributed by atoms with E-state index in [1.807, 2.05) is 42.5 Å². The topological polar surface area (TPSA) is 74.5 Å². The molecule has 1 amide bonds. The van der Waals surface area contributed by atoms with Crippen LogP contribution in [0.1, 0.15) is 27.0 Å². The van der Waals surface area contributed by atoms with E-state index in [4.69, 9.17) is 10.00 Å². The molecule has 3 rings (SSSR count). The number of hydrogen-bond acceptors (Lipinski definition) is 4. The fourth-order valence-corrected chi connectivity index (χ4v) is 2.89. The summed E-state index contributed by atoms with van der Waals surface area (Å²) in [5.41, 5.74) is 5.32. The minimum absolute atomic E-state index is 0.306. The molecule has 28 heavy (non-hydrogen) atoms. The van der Waals surface area contributed by atoms with E-state index in [0.717, 1.165) is 11.1 Å². The highest BCUT2D eigenvalue weighted by Crippen LogP contribution is 2.18. The van der Waals surface area contributed by atoms with E-state index in [1.165, 1.54) is 0 Å². The predicted octanol–water partition coefficient (Wildman–Crippen LogP) is 4.66. The normalized spacial score (nSPS) is 10.4. The number of hydrazone groups is 1. The molecule has 138 valence electrons. The molecular formula is C22H16BrN3O2. The summed E-state index contributed by atoms with van der Waals surface area (Å²) in [6.45, 7) is 0.361. The molecular weight excluding hydrogens is 418 g/mol. The largest absolute Gasteiger partial charge is 0.488 e. The van der Waals surface area contributed by atoms with Crippen molar-refractivity contribution >= 4 is 28.1 Å². The van der Waals surface area contributed by atoms with Gasteiger partial charge in [-0.15, -0.1) is 0 Å². The Morgan fingerprint density at radius 1 is 1.07 bits per heavy atom. The molecule has 0 saturated carbocycles. The van der Waals surface area contributed by atoms with Gasteiger partial charge >= 0.3 is 0 Å². The first-order valence-corrected chi connectivity index (χ1v) is 9.25. The van der Waals surface area contributed by atoms with Crippen LogP contribution in [0, 0.1) is 11.3 Å². The first-order valence-electron chi connectivity index (χ1n) is 8.46. The first kappa shape index (κ1) is 19.3. The van der Waals surface area contributed by atoms with Crippen molar-refractivity contribution in [3.05, 3.63) is 99.5 Å². The summed E-state index contributed by atoms with van der Waals surface area (Å²) in [6, 6.07) is 23.9. The summed E-state index contributed by atoms with van der Waals surface area (Å²) < 4.78 is 6.57. The maximum atomic E-state index is 12.2. The lowest BCUT2D eigenvalue weighted by molar-refractivity contribution is 0.0954. The highest BCUT2D eigenvalue weighted by molar-refractivity contribution is 9.10. The lowest BCUT2D eigenvalue weighted by Gasteiger charge is -2.09. The van der Waals surface area contributed by atoms with Crippen molar-refractivity contribution in [1.29, 1.82) is 5.26 Å². The summed E-state index contributed by atoms with van der Waals surface area (Å²) in [7, 11) is 0. The second-order valence-electron chi connectivity index (χ2n) is 5.81. The fourth-order valence-electron chi connectivity index (χ4n) is 2.42. The Labute approximate surface area is 171 Å². The summed E-state index contributed by atoms with van der Waals surface area (Å²) >= 11 is 3.35. The van der Waals surface area contributed by atoms with Crippen molar-refractivity contribution in [3.8, 4) is 11.8 Å². The zero-order chi connectivity index (χ0) is 19.8. The van der Waals surface area contributed by atoms with Gasteiger partial charge in [-0.05, 0) is 57.9 Å². The molecule has 0 heterocycles. The number of rotatable bonds is 6. The highest BCUT2D eigenvalue weighted by atomic mass is 79.9. The molecule has 0 aliphatic rings. The number of hydrogen-bond donors (Lipinski definition) is 1. The number of carbonyl (C=O) groups excluding carboxylic acids is 1. The average Bonchev–Trinajstić information content (AvgIpc) is 2.73. The van der Waals surface area contributed by atoms with Crippen LogP contribution in [0.2, 0.25) is 0 Å². The molecule has 6 heteroatoms. The molecule has 0 bridgehead atoms. The van der Waals surface area contributed by atoms with Crippen LogP contribution < -0.4 is 10.2 Å². The summed E-state index contributed by atoms with van der Waals surface area (Å²) in [5.74, 6) is 0.338. The zero-order valence-corrected chi connectivity index (χ0v) is 16.4. The number of benzene rings is 3. The molecule has 0 aliphatic heterocycles. The Hall–Kier alpha value is -3.43. The van der Waals surface area contributed by atoms with Crippen molar-refractivity contribution in [3.63, 3.8) is 0 Å². The van der Waals surface area contributed by atoms with Gasteiger partial charge in [0.1, 0.15) is 12.4 Å². The number of nitrogens with zero attached hydrogens (tertiary/aromatic N) is 2. The van der Waals surface area contributed by atoms with E-state index in [1.54, 1.807) is 36.5 Å². The second-order valence-corrected chi connectivity index (χ2v) is 6.67. The number of ether oxygens (including phenoxy) is 1. The zero-order valence-electron chi connectivity index (χ0n) is 14.8. The summed E-state index contributed by atoms with van der Waals surface area (Å²) in [6.07, 6.45) is 1.54. The molecule has 1 N–H and O–H groups in total. The predicted molar refractivity (Wildman–Crippen MR) is 111 cm³/mol. The Morgan fingerprint density at radius 2 is 1.79 bits per heavy atom. The van der Waals surface area contributed by atoms with Crippen molar-refractivity contribution in [2.75, 3.05) is 0 Å². The molecule has 3 aromatic rings. The number of para-hydroxylation sites is 1. The number of amides is 1. The Kier molecular flexibility index (Phi) is 6.55. The monoisotopic (exact) mass is 433 g/mol. The highest BCUT2D eigenvalue weighted by Gasteiger charge is 2.08. The van der Waals surface area contributed by atoms with Gasteiger partial charge in [0.05, 0.1) is 23.4 Å². The van der Waals surface area contributed by atoms with Gasteiger partial charge in [-0.25, -0.2) is 5.43 Å². The van der Waals surface area contributed by atoms with Crippen molar-refractivity contribution in [1.82, 2.24) is 5.43 Å². The van der Waals surface area contributed by atoms with Gasteiger partial charge in [0.2, 0.25) is 0 Å². The maximum Gasteiger partial charge on any atom is 0.272 e. The third-order valence-electron chi connectivity index (χ3n) is 3.88. The van der Waals surface area contributed by atoms with Crippen LogP contribution >= 0.6 is 15.9 Å². The van der Waals surface area contributed by atoms with Gasteiger partial charge in [-0.3, -0.25) is 4.79 Å². The van der Waals surface area contributed by atoms with E-state index in [0.29, 0.717) is 28.0 Å². The third-order valence-corrected chi connectivity index (χ3v) is 4.58. The summed E-state index contributed by atoms with van der Waals surface area (Å²) in [5, 5.41) is 12.9. The van der Waals surface area contributed by atoms with Gasteiger partial charge in [0, 0.05) is 10.0 Å². The second kappa shape index (κ2) is 9.49. The number of carbonyl (C=O) groups is 1. The van der Waals surface area contributed by atoms with Crippen LogP contribution in [0.25, 0.3) is 0 Å². The van der Waals surface area contributed by atoms with E-state index in [-0.39, 0.29) is 5.91 Å². The van der Waals surface area contributed by atoms with E-state index >= 15 is 0 Å². The van der Waals surface area contributed by atoms with Crippen molar-refractivity contribution < 1.29 is 9.53 Å². The third kappa shape index (κ3) is 5.06. The molecule has 0 atom stereocenters. The molecule has 0 aliphatic carbocycles. The molecule has 0 aromatic heterocycles. The van der Waals surface area contributed by atoms with Crippen LogP contribution in [0.3, 0.4) is 0 Å². The quantitative estimate of drug-likeness (QED) is 0.453. The minimum atomic E-state index is -0.306. The Balaban J connectivity index is 1.64. The van der Waals surface area contributed by atoms with Crippen LogP contribution in [0.15, 0.2) is 82.4 Å². The number of halogens is 1. The van der Waals surface area contributed by atoms with Crippen LogP contribution in [-0.2, 0) is 6.61 Å². The SMILES string of the molecule is N#Cc1ccc(COc2ccccc2/C=N\NC(=O)c2ccccc2Br)cc1. The first-order chi connectivity index (χ1) is 13.7. The standard InChI is InChI=1S/C22H16BrN3O2/c23-20-7-3-2-6-19(20)22(27)26-25-14-18-5-1-4-8-21(18)28-15-17-11-9-16(13-24)10-12-17/h1-12,14H,15H2,(H,26,27)/b25-14-. The van der Waals surface area contributed by atoms with E-state index in [9.17, 15) is 4.79 Å². The molecule has 0 fully saturated rings. The van der Waals surface area contributed by atoms with Crippen molar-refractivity contribution in [2.45, 2.75) is 6.61 Å². The van der Waals surface area contributed by atoms with E-state index in [2.05, 4.69) is 32.5 Å². The molecule has 0 radical (unpaired) electrons. The fraction of sp³-hybridized carbons (Fsp3) is 0.0455. The molecule has 0 saturated heterocycles. The molecule has 0 spiro atoms. The maximum absolute atomic E-state index is 12.2. The Morgan fingerprint density at radius 3 is 2.54 bits per heavy atom. The van der Waals surface area contributed by atoms with E-state index < -0.39 is 0 Å². The lowest BCUT2D eigenvalue weighted by atomic mass is 10.1. The lowest BCUT2D eigenvalue weighted by Crippen LogP contribution is -2.18. The minimum Gasteiger partial charge on any atom is -0.488 e. The number of nitriles is 1. The van der Waals surface area contributed by atoms with Crippen LogP contribution in [0.5, 0.6) is 5.75 Å². The molecule has 5 nitrogen and oxygen atoms in total. The Bertz CT molecular complexity index is 1040. The van der Waals surface area contributed by atoms with Crippen LogP contribution in [-0.4, -0.2) is 12.1 Å². The van der Waals surface area contributed by atoms with Gasteiger partial charge in [0.15, 0.2) is 0 Å². The van der Waals surface area contributed by atoms with Gasteiger partial charge in [-0.2, -0.15) is 10.4 Å². The smallest absolute Gasteiger partial charge is 0.272 e.